The number of hydrogen-bond acceptors (Lipinski definition) is 6. The summed E-state index contributed by atoms with van der Waals surface area (Å²) in [6.07, 6.45) is 1.72. The molecule has 9 heteroatoms. The fraction of sp³-hybridized carbons (Fsp3) is 0.391. The molecular weight excluding hydrogens is 428 g/mol. The Balaban J connectivity index is 1.35. The van der Waals surface area contributed by atoms with E-state index in [2.05, 4.69) is 15.7 Å². The largest absolute Gasteiger partial charge is 0.377 e. The number of piperazine rings is 1. The normalized spacial score (nSPS) is 19.0. The van der Waals surface area contributed by atoms with Crippen molar-refractivity contribution < 1.29 is 17.9 Å². The van der Waals surface area contributed by atoms with Gasteiger partial charge in [-0.1, -0.05) is 12.1 Å². The molecule has 0 spiro atoms. The van der Waals surface area contributed by atoms with Crippen molar-refractivity contribution in [2.24, 2.45) is 0 Å². The topological polar surface area (TPSA) is 103 Å². The molecule has 2 aliphatic heterocycles. The first-order chi connectivity index (χ1) is 15.5. The first kappa shape index (κ1) is 22.3. The Labute approximate surface area is 188 Å². The van der Waals surface area contributed by atoms with Crippen LogP contribution in [-0.2, 0) is 14.8 Å². The van der Waals surface area contributed by atoms with E-state index < -0.39 is 10.0 Å². The van der Waals surface area contributed by atoms with Gasteiger partial charge in [-0.15, -0.1) is 0 Å². The highest BCUT2D eigenvalue weighted by Crippen LogP contribution is 2.22. The molecule has 32 heavy (non-hydrogen) atoms. The summed E-state index contributed by atoms with van der Waals surface area (Å²) in [5, 5.41) is 9.31. The number of sulfonamides is 1. The Morgan fingerprint density at radius 1 is 1.09 bits per heavy atom. The zero-order chi connectivity index (χ0) is 22.6. The van der Waals surface area contributed by atoms with Gasteiger partial charge in [-0.3, -0.25) is 4.79 Å². The van der Waals surface area contributed by atoms with Gasteiger partial charge in [-0.2, -0.15) is 5.26 Å². The van der Waals surface area contributed by atoms with Crippen molar-refractivity contribution in [3.8, 4) is 6.07 Å². The van der Waals surface area contributed by atoms with Crippen LogP contribution in [0.15, 0.2) is 53.4 Å². The number of nitrogens with zero attached hydrogens (tertiary/aromatic N) is 3. The Hall–Kier alpha value is -2.93. The van der Waals surface area contributed by atoms with Gasteiger partial charge in [0.05, 0.1) is 22.3 Å². The van der Waals surface area contributed by atoms with Crippen LogP contribution in [0.3, 0.4) is 0 Å². The van der Waals surface area contributed by atoms with Crippen LogP contribution in [0.2, 0.25) is 0 Å². The predicted octanol–water partition coefficient (Wildman–Crippen LogP) is 1.98. The summed E-state index contributed by atoms with van der Waals surface area (Å²) in [5.41, 5.74) is 1.96. The lowest BCUT2D eigenvalue weighted by atomic mass is 10.1. The van der Waals surface area contributed by atoms with E-state index in [1.807, 2.05) is 18.2 Å². The third kappa shape index (κ3) is 4.93. The maximum absolute atomic E-state index is 12.9. The number of ether oxygens (including phenoxy) is 1. The van der Waals surface area contributed by atoms with E-state index in [-0.39, 0.29) is 23.5 Å². The molecule has 4 rings (SSSR count). The number of nitrogens with one attached hydrogen (secondary N) is 1. The standard InChI is InChI=1S/C23H26N4O4S/c24-16-19-4-1-2-6-22(19)26-11-13-27(14-12-26)23(28)18-7-9-21(10-8-18)32(29,30)25-17-20-5-3-15-31-20/h1-2,4,6-10,20,25H,3,5,11-15,17H2. The molecule has 0 aromatic heterocycles. The zero-order valence-corrected chi connectivity index (χ0v) is 18.6. The van der Waals surface area contributed by atoms with Crippen molar-refractivity contribution in [1.29, 1.82) is 5.26 Å². The van der Waals surface area contributed by atoms with E-state index in [4.69, 9.17) is 4.74 Å². The molecule has 0 aliphatic carbocycles. The molecule has 2 fully saturated rings. The van der Waals surface area contributed by atoms with Crippen LogP contribution >= 0.6 is 0 Å². The van der Waals surface area contributed by atoms with E-state index in [9.17, 15) is 18.5 Å². The van der Waals surface area contributed by atoms with Crippen molar-refractivity contribution in [3.63, 3.8) is 0 Å². The molecule has 2 saturated heterocycles. The SMILES string of the molecule is N#Cc1ccccc1N1CCN(C(=O)c2ccc(S(=O)(=O)NCC3CCCO3)cc2)CC1. The van der Waals surface area contributed by atoms with Crippen molar-refractivity contribution in [2.45, 2.75) is 23.8 Å². The van der Waals surface area contributed by atoms with Gasteiger partial charge >= 0.3 is 0 Å². The van der Waals surface area contributed by atoms with Crippen LogP contribution in [0.1, 0.15) is 28.8 Å². The molecule has 2 aromatic carbocycles. The first-order valence-electron chi connectivity index (χ1n) is 10.7. The van der Waals surface area contributed by atoms with Gasteiger partial charge in [0.15, 0.2) is 0 Å². The van der Waals surface area contributed by atoms with Crippen LogP contribution in [-0.4, -0.2) is 64.7 Å². The lowest BCUT2D eigenvalue weighted by Crippen LogP contribution is -2.49. The number of anilines is 1. The Morgan fingerprint density at radius 3 is 2.47 bits per heavy atom. The molecular formula is C23H26N4O4S. The van der Waals surface area contributed by atoms with E-state index in [0.29, 0.717) is 43.9 Å². The van der Waals surface area contributed by atoms with Gasteiger partial charge in [0.2, 0.25) is 10.0 Å². The van der Waals surface area contributed by atoms with Crippen molar-refractivity contribution in [2.75, 3.05) is 44.2 Å². The van der Waals surface area contributed by atoms with Gasteiger partial charge in [-0.25, -0.2) is 13.1 Å². The summed E-state index contributed by atoms with van der Waals surface area (Å²) >= 11 is 0. The summed E-state index contributed by atoms with van der Waals surface area (Å²) in [6, 6.07) is 15.7. The van der Waals surface area contributed by atoms with Crippen LogP contribution < -0.4 is 9.62 Å². The maximum atomic E-state index is 12.9. The second-order valence-corrected chi connectivity index (χ2v) is 9.69. The summed E-state index contributed by atoms with van der Waals surface area (Å²) in [7, 11) is -3.65. The summed E-state index contributed by atoms with van der Waals surface area (Å²) in [4.78, 5) is 16.9. The number of para-hydroxylation sites is 1. The maximum Gasteiger partial charge on any atom is 0.253 e. The average Bonchev–Trinajstić information content (AvgIpc) is 3.36. The molecule has 2 aliphatic rings. The third-order valence-corrected chi connectivity index (χ3v) is 7.31. The van der Waals surface area contributed by atoms with E-state index >= 15 is 0 Å². The Bertz CT molecular complexity index is 1100. The molecule has 8 nitrogen and oxygen atoms in total. The second-order valence-electron chi connectivity index (χ2n) is 7.92. The average molecular weight is 455 g/mol. The minimum atomic E-state index is -3.65. The number of hydrogen-bond donors (Lipinski definition) is 1. The quantitative estimate of drug-likeness (QED) is 0.716. The third-order valence-electron chi connectivity index (χ3n) is 5.87. The predicted molar refractivity (Wildman–Crippen MR) is 120 cm³/mol. The molecule has 1 N–H and O–H groups in total. The molecule has 1 unspecified atom stereocenters. The molecule has 168 valence electrons. The summed E-state index contributed by atoms with van der Waals surface area (Å²) in [5.74, 6) is -0.130. The number of carbonyl (C=O) groups is 1. The van der Waals surface area contributed by atoms with Crippen LogP contribution in [0, 0.1) is 11.3 Å². The van der Waals surface area contributed by atoms with Crippen LogP contribution in [0.5, 0.6) is 0 Å². The number of nitriles is 1. The highest BCUT2D eigenvalue weighted by Gasteiger charge is 2.24. The summed E-state index contributed by atoms with van der Waals surface area (Å²) in [6.45, 7) is 3.24. The molecule has 1 atom stereocenters. The smallest absolute Gasteiger partial charge is 0.253 e. The van der Waals surface area contributed by atoms with Gasteiger partial charge < -0.3 is 14.5 Å². The van der Waals surface area contributed by atoms with Gasteiger partial charge in [0, 0.05) is 44.9 Å². The fourth-order valence-electron chi connectivity index (χ4n) is 4.04. The number of benzene rings is 2. The van der Waals surface area contributed by atoms with E-state index in [1.54, 1.807) is 23.1 Å². The lowest BCUT2D eigenvalue weighted by molar-refractivity contribution is 0.0746. The lowest BCUT2D eigenvalue weighted by Gasteiger charge is -2.36. The molecule has 0 radical (unpaired) electrons. The van der Waals surface area contributed by atoms with Crippen molar-refractivity contribution in [1.82, 2.24) is 9.62 Å². The van der Waals surface area contributed by atoms with Gasteiger partial charge in [0.1, 0.15) is 6.07 Å². The molecule has 0 saturated carbocycles. The second kappa shape index (κ2) is 9.69. The number of carbonyl (C=O) groups excluding carboxylic acids is 1. The highest BCUT2D eigenvalue weighted by molar-refractivity contribution is 7.89. The molecule has 0 bridgehead atoms. The molecule has 2 heterocycles. The van der Waals surface area contributed by atoms with E-state index in [0.717, 1.165) is 18.5 Å². The molecule has 2 aromatic rings. The van der Waals surface area contributed by atoms with Crippen LogP contribution in [0.25, 0.3) is 0 Å². The van der Waals surface area contributed by atoms with Gasteiger partial charge in [-0.05, 0) is 49.2 Å². The Morgan fingerprint density at radius 2 is 1.81 bits per heavy atom. The molecule has 1 amide bonds. The number of amides is 1. The minimum Gasteiger partial charge on any atom is -0.377 e. The van der Waals surface area contributed by atoms with Gasteiger partial charge in [0.25, 0.3) is 5.91 Å². The van der Waals surface area contributed by atoms with Crippen LogP contribution in [0.4, 0.5) is 5.69 Å². The Kier molecular flexibility index (Phi) is 6.74. The van der Waals surface area contributed by atoms with Crippen molar-refractivity contribution in [3.05, 3.63) is 59.7 Å². The first-order valence-corrected chi connectivity index (χ1v) is 12.2. The fourth-order valence-corrected chi connectivity index (χ4v) is 5.11. The van der Waals surface area contributed by atoms with E-state index in [1.165, 1.54) is 12.1 Å². The van der Waals surface area contributed by atoms with Crippen molar-refractivity contribution >= 4 is 21.6 Å². The highest BCUT2D eigenvalue weighted by atomic mass is 32.2. The number of rotatable bonds is 6. The minimum absolute atomic E-state index is 0.0792. The summed E-state index contributed by atoms with van der Waals surface area (Å²) < 4.78 is 33.0. The zero-order valence-electron chi connectivity index (χ0n) is 17.7. The monoisotopic (exact) mass is 454 g/mol.